The van der Waals surface area contributed by atoms with Crippen LogP contribution in [-0.4, -0.2) is 74.0 Å². The zero-order valence-corrected chi connectivity index (χ0v) is 23.7. The van der Waals surface area contributed by atoms with Gasteiger partial charge in [-0.25, -0.2) is 23.4 Å². The van der Waals surface area contributed by atoms with Crippen LogP contribution in [0.3, 0.4) is 0 Å². The molecule has 0 radical (unpaired) electrons. The van der Waals surface area contributed by atoms with Crippen LogP contribution in [0.5, 0.6) is 0 Å². The van der Waals surface area contributed by atoms with Crippen LogP contribution in [0.4, 0.5) is 14.6 Å². The van der Waals surface area contributed by atoms with E-state index >= 15 is 0 Å². The van der Waals surface area contributed by atoms with E-state index in [4.69, 9.17) is 29.7 Å². The summed E-state index contributed by atoms with van der Waals surface area (Å²) in [6.45, 7) is 6.30. The maximum atomic E-state index is 13.8. The van der Waals surface area contributed by atoms with Gasteiger partial charge in [0.15, 0.2) is 39.6 Å². The maximum absolute atomic E-state index is 13.8. The van der Waals surface area contributed by atoms with Crippen molar-refractivity contribution in [3.05, 3.63) is 45.8 Å². The summed E-state index contributed by atoms with van der Waals surface area (Å²) in [5.41, 5.74) is 10.4. The lowest BCUT2D eigenvalue weighted by molar-refractivity contribution is -0.170. The van der Waals surface area contributed by atoms with Crippen molar-refractivity contribution in [2.45, 2.75) is 87.3 Å². The van der Waals surface area contributed by atoms with Gasteiger partial charge in [0.1, 0.15) is 12.2 Å². The van der Waals surface area contributed by atoms with Gasteiger partial charge in [0, 0.05) is 35.6 Å². The van der Waals surface area contributed by atoms with Crippen LogP contribution < -0.4 is 5.32 Å². The van der Waals surface area contributed by atoms with Crippen LogP contribution in [0.1, 0.15) is 57.6 Å². The lowest BCUT2D eigenvalue weighted by Gasteiger charge is -2.23. The highest BCUT2D eigenvalue weighted by atomic mass is 32.2. The molecule has 2 aliphatic carbocycles. The fraction of sp³-hybridized carbons (Fsp3) is 0.615. The molecule has 1 aromatic carbocycles. The molecule has 6 atom stereocenters. The molecule has 3 fully saturated rings. The van der Waals surface area contributed by atoms with Crippen molar-refractivity contribution in [2.75, 3.05) is 24.2 Å². The van der Waals surface area contributed by atoms with E-state index in [1.165, 1.54) is 6.07 Å². The second kappa shape index (κ2) is 11.3. The lowest BCUT2D eigenvalue weighted by atomic mass is 10.1. The van der Waals surface area contributed by atoms with Crippen LogP contribution in [0.15, 0.2) is 28.5 Å². The van der Waals surface area contributed by atoms with E-state index < -0.39 is 17.4 Å². The molecule has 1 aliphatic heterocycles. The third kappa shape index (κ3) is 5.69. The first-order chi connectivity index (χ1) is 19.8. The Morgan fingerprint density at radius 3 is 2.83 bits per heavy atom. The summed E-state index contributed by atoms with van der Waals surface area (Å²) in [4.78, 5) is 12.4. The third-order valence-corrected chi connectivity index (χ3v) is 8.56. The smallest absolute Gasteiger partial charge is 0.191 e. The maximum Gasteiger partial charge on any atom is 0.191 e. The van der Waals surface area contributed by atoms with E-state index in [0.29, 0.717) is 28.6 Å². The number of benzene rings is 1. The molecule has 218 valence electrons. The number of hydrogen-bond donors (Lipinski definition) is 1. The van der Waals surface area contributed by atoms with E-state index in [9.17, 15) is 8.78 Å². The van der Waals surface area contributed by atoms with Gasteiger partial charge in [-0.1, -0.05) is 35.1 Å². The molecule has 1 saturated heterocycles. The summed E-state index contributed by atoms with van der Waals surface area (Å²) < 4.78 is 47.6. The highest BCUT2D eigenvalue weighted by Gasteiger charge is 2.56. The molecule has 0 amide bonds. The number of hydrogen-bond acceptors (Lipinski definition) is 10. The van der Waals surface area contributed by atoms with Gasteiger partial charge in [-0.3, -0.25) is 0 Å². The summed E-state index contributed by atoms with van der Waals surface area (Å²) in [5.74, 6) is -1.09. The first-order valence-corrected chi connectivity index (χ1v) is 14.7. The quantitative estimate of drug-likeness (QED) is 0.0806. The molecule has 3 aliphatic rings. The summed E-state index contributed by atoms with van der Waals surface area (Å²) in [7, 11) is 0. The number of nitrogens with one attached hydrogen (secondary N) is 1. The first-order valence-electron chi connectivity index (χ1n) is 13.7. The number of ether oxygens (including phenoxy) is 3. The molecule has 0 bridgehead atoms. The largest absolute Gasteiger partial charge is 0.375 e. The molecule has 0 spiro atoms. The topological polar surface area (TPSA) is 145 Å². The van der Waals surface area contributed by atoms with Gasteiger partial charge in [0.05, 0.1) is 18.8 Å². The molecule has 3 aromatic rings. The molecule has 2 saturated carbocycles. The Balaban J connectivity index is 1.29. The second-order valence-corrected chi connectivity index (χ2v) is 12.0. The first kappa shape index (κ1) is 28.0. The Morgan fingerprint density at radius 2 is 2.05 bits per heavy atom. The van der Waals surface area contributed by atoms with Gasteiger partial charge in [-0.05, 0) is 49.9 Å². The number of thioether (sulfide) groups is 1. The zero-order valence-electron chi connectivity index (χ0n) is 22.9. The highest BCUT2D eigenvalue weighted by Crippen LogP contribution is 2.47. The number of azide groups is 1. The minimum Gasteiger partial charge on any atom is -0.375 e. The predicted octanol–water partition coefficient (Wildman–Crippen LogP) is 5.13. The van der Waals surface area contributed by atoms with E-state index in [1.807, 2.05) is 13.8 Å². The van der Waals surface area contributed by atoms with E-state index in [0.717, 1.165) is 30.2 Å². The van der Waals surface area contributed by atoms with Crippen LogP contribution >= 0.6 is 11.8 Å². The van der Waals surface area contributed by atoms with Crippen LogP contribution in [-0.2, 0) is 14.2 Å². The zero-order chi connectivity index (χ0) is 28.7. The Labute approximate surface area is 239 Å². The van der Waals surface area contributed by atoms with Crippen molar-refractivity contribution in [3.8, 4) is 0 Å². The Kier molecular flexibility index (Phi) is 7.72. The third-order valence-electron chi connectivity index (χ3n) is 7.51. The van der Waals surface area contributed by atoms with E-state index in [1.54, 1.807) is 22.5 Å². The van der Waals surface area contributed by atoms with Gasteiger partial charge in [0.25, 0.3) is 0 Å². The number of halogens is 2. The van der Waals surface area contributed by atoms with Gasteiger partial charge in [0.2, 0.25) is 0 Å². The van der Waals surface area contributed by atoms with Crippen LogP contribution in [0, 0.1) is 11.6 Å². The Hall–Kier alpha value is -3.10. The number of aromatic nitrogens is 5. The molecule has 3 heterocycles. The molecule has 15 heteroatoms. The standard InChI is InChI=1S/C26H31F2N9O3S/c1-4-9-41-25-32-23(31-17-11-14(17)13-5-6-15(27)16(28)10-13)20-24(33-25)37(36-34-20)18-12-19(38-8-7-30-35-29)22-21(18)39-26(2,3)40-22/h5-6,10,14,17-19,21-22H,4,7-9,11-12H2,1-3H3,(H,31,32,33)/t14-,17+,18+,19-,21?,22+/m0/s1. The van der Waals surface area contributed by atoms with Crippen LogP contribution in [0.25, 0.3) is 21.6 Å². The predicted molar refractivity (Wildman–Crippen MR) is 146 cm³/mol. The molecule has 2 aromatic heterocycles. The number of anilines is 1. The SMILES string of the molecule is CCCSc1nc(N[C@@H]2C[C@H]2c2ccc(F)c(F)c2)c2nnn([C@@H]3C[C@H](OCCN=[N+]=[N-])[C@H]4OC(C)(C)OC34)c2n1. The Morgan fingerprint density at radius 1 is 1.22 bits per heavy atom. The summed E-state index contributed by atoms with van der Waals surface area (Å²) >= 11 is 1.55. The minimum absolute atomic E-state index is 0.00999. The fourth-order valence-corrected chi connectivity index (χ4v) is 6.33. The molecule has 1 unspecified atom stereocenters. The number of nitrogens with zero attached hydrogens (tertiary/aromatic N) is 8. The van der Waals surface area contributed by atoms with Crippen molar-refractivity contribution in [3.63, 3.8) is 0 Å². The normalized spacial score (nSPS) is 28.0. The van der Waals surface area contributed by atoms with Gasteiger partial charge < -0.3 is 19.5 Å². The summed E-state index contributed by atoms with van der Waals surface area (Å²) in [5, 5.41) is 16.6. The van der Waals surface area contributed by atoms with Gasteiger partial charge in [-0.2, -0.15) is 0 Å². The average Bonchev–Trinajstić information content (AvgIpc) is 3.28. The van der Waals surface area contributed by atoms with Crippen molar-refractivity contribution in [2.24, 2.45) is 5.11 Å². The molecule has 12 nitrogen and oxygen atoms in total. The van der Waals surface area contributed by atoms with E-state index in [-0.39, 0.29) is 49.5 Å². The van der Waals surface area contributed by atoms with E-state index in [2.05, 4.69) is 32.6 Å². The molecule has 1 N–H and O–H groups in total. The summed E-state index contributed by atoms with van der Waals surface area (Å²) in [6, 6.07) is 3.75. The van der Waals surface area contributed by atoms with Crippen molar-refractivity contribution in [1.82, 2.24) is 25.0 Å². The molecule has 6 rings (SSSR count). The number of rotatable bonds is 11. The Bertz CT molecular complexity index is 1480. The van der Waals surface area contributed by atoms with Crippen LogP contribution in [0.2, 0.25) is 0 Å². The van der Waals surface area contributed by atoms with Crippen molar-refractivity contribution >= 4 is 28.7 Å². The van der Waals surface area contributed by atoms with Gasteiger partial charge >= 0.3 is 0 Å². The highest BCUT2D eigenvalue weighted by molar-refractivity contribution is 7.99. The minimum atomic E-state index is -0.858. The molecular formula is C26H31F2N9O3S. The lowest BCUT2D eigenvalue weighted by Crippen LogP contribution is -2.31. The van der Waals surface area contributed by atoms with Crippen molar-refractivity contribution in [1.29, 1.82) is 0 Å². The number of fused-ring (bicyclic) bond motifs is 2. The van der Waals surface area contributed by atoms with Crippen molar-refractivity contribution < 1.29 is 23.0 Å². The van der Waals surface area contributed by atoms with Gasteiger partial charge in [-0.15, -0.1) is 5.10 Å². The fourth-order valence-electron chi connectivity index (χ4n) is 5.63. The average molecular weight is 588 g/mol. The molecular weight excluding hydrogens is 556 g/mol. The monoisotopic (exact) mass is 587 g/mol. The second-order valence-electron chi connectivity index (χ2n) is 10.9. The summed E-state index contributed by atoms with van der Waals surface area (Å²) in [6.07, 6.45) is 1.27. The molecule has 41 heavy (non-hydrogen) atoms.